The number of nitrogens with zero attached hydrogens (tertiary/aromatic N) is 2. The van der Waals surface area contributed by atoms with E-state index < -0.39 is 0 Å². The van der Waals surface area contributed by atoms with Crippen molar-refractivity contribution in [2.45, 2.75) is 6.92 Å². The fraction of sp³-hybridized carbons (Fsp3) is 0.167. The summed E-state index contributed by atoms with van der Waals surface area (Å²) in [6.45, 7) is 2.46. The van der Waals surface area contributed by atoms with Gasteiger partial charge in [-0.05, 0) is 53.2 Å². The number of methoxy groups -OCH3 is 1. The largest absolute Gasteiger partial charge is 0.493 e. The van der Waals surface area contributed by atoms with Crippen molar-refractivity contribution in [2.75, 3.05) is 19.0 Å². The number of amides is 1. The molecular formula is C18H16BrN3O3S. The van der Waals surface area contributed by atoms with E-state index in [1.807, 2.05) is 37.3 Å². The molecule has 0 unspecified atom stereocenters. The second kappa shape index (κ2) is 8.29. The maximum Gasteiger partial charge on any atom is 0.258 e. The van der Waals surface area contributed by atoms with Crippen LogP contribution >= 0.6 is 27.5 Å². The Kier molecular flexibility index (Phi) is 5.85. The van der Waals surface area contributed by atoms with E-state index in [0.29, 0.717) is 34.6 Å². The van der Waals surface area contributed by atoms with Gasteiger partial charge < -0.3 is 9.47 Å². The number of hydrogen-bond acceptors (Lipinski definition) is 6. The van der Waals surface area contributed by atoms with E-state index in [1.54, 1.807) is 19.2 Å². The Balaban J connectivity index is 1.80. The van der Waals surface area contributed by atoms with Gasteiger partial charge in [0.15, 0.2) is 17.3 Å². The minimum atomic E-state index is -0.246. The van der Waals surface area contributed by atoms with Gasteiger partial charge in [-0.1, -0.05) is 12.1 Å². The third kappa shape index (κ3) is 4.03. The van der Waals surface area contributed by atoms with E-state index in [1.165, 1.54) is 0 Å². The minimum Gasteiger partial charge on any atom is -0.493 e. The topological polar surface area (TPSA) is 73.3 Å². The second-order valence-corrected chi connectivity index (χ2v) is 6.76. The lowest BCUT2D eigenvalue weighted by atomic mass is 10.2. The van der Waals surface area contributed by atoms with Crippen LogP contribution in [-0.4, -0.2) is 29.0 Å². The van der Waals surface area contributed by atoms with Gasteiger partial charge >= 0.3 is 0 Å². The van der Waals surface area contributed by atoms with Crippen LogP contribution in [-0.2, 0) is 0 Å². The van der Waals surface area contributed by atoms with Gasteiger partial charge in [0.2, 0.25) is 5.13 Å². The predicted molar refractivity (Wildman–Crippen MR) is 105 cm³/mol. The number of benzene rings is 2. The van der Waals surface area contributed by atoms with Crippen LogP contribution in [0.4, 0.5) is 5.13 Å². The van der Waals surface area contributed by atoms with E-state index in [2.05, 4.69) is 30.6 Å². The van der Waals surface area contributed by atoms with Crippen molar-refractivity contribution in [2.24, 2.45) is 0 Å². The average molecular weight is 434 g/mol. The van der Waals surface area contributed by atoms with Gasteiger partial charge in [0.1, 0.15) is 0 Å². The number of ether oxygens (including phenoxy) is 2. The van der Waals surface area contributed by atoms with Gasteiger partial charge in [0.05, 0.1) is 19.3 Å². The molecule has 3 aromatic rings. The molecule has 0 aliphatic heterocycles. The highest BCUT2D eigenvalue weighted by Crippen LogP contribution is 2.32. The number of carbonyl (C=O) groups is 1. The highest BCUT2D eigenvalue weighted by atomic mass is 79.9. The average Bonchev–Trinajstić information content (AvgIpc) is 3.11. The summed E-state index contributed by atoms with van der Waals surface area (Å²) in [5.74, 6) is 1.54. The standard InChI is InChI=1S/C18H16BrN3O3S/c1-3-25-14-9-8-11(10-15(14)24-2)16-20-18(26-22-16)21-17(23)12-6-4-5-7-13(12)19/h4-10H,3H2,1-2H3,(H,20,21,22,23). The molecule has 6 nitrogen and oxygen atoms in total. The van der Waals surface area contributed by atoms with Crippen LogP contribution in [0.15, 0.2) is 46.9 Å². The molecule has 134 valence electrons. The molecule has 1 heterocycles. The first kappa shape index (κ1) is 18.3. The number of carbonyl (C=O) groups excluding carboxylic acids is 1. The molecule has 0 aliphatic carbocycles. The maximum atomic E-state index is 12.4. The lowest BCUT2D eigenvalue weighted by molar-refractivity contribution is 0.102. The summed E-state index contributed by atoms with van der Waals surface area (Å²) in [5, 5.41) is 3.19. The van der Waals surface area contributed by atoms with Crippen molar-refractivity contribution in [3.63, 3.8) is 0 Å². The molecule has 3 rings (SSSR count). The minimum absolute atomic E-state index is 0.246. The van der Waals surface area contributed by atoms with Crippen LogP contribution in [0.3, 0.4) is 0 Å². The smallest absolute Gasteiger partial charge is 0.258 e. The maximum absolute atomic E-state index is 12.4. The fourth-order valence-corrected chi connectivity index (χ4v) is 3.33. The van der Waals surface area contributed by atoms with Gasteiger partial charge in [0, 0.05) is 21.6 Å². The molecule has 0 bridgehead atoms. The Labute approximate surface area is 163 Å². The van der Waals surface area contributed by atoms with E-state index in [9.17, 15) is 4.79 Å². The van der Waals surface area contributed by atoms with Crippen molar-refractivity contribution in [3.8, 4) is 22.9 Å². The van der Waals surface area contributed by atoms with Crippen molar-refractivity contribution in [1.82, 2.24) is 9.36 Å². The van der Waals surface area contributed by atoms with Crippen LogP contribution in [0.1, 0.15) is 17.3 Å². The van der Waals surface area contributed by atoms with Gasteiger partial charge in [-0.15, -0.1) is 0 Å². The first-order valence-corrected chi connectivity index (χ1v) is 9.39. The van der Waals surface area contributed by atoms with Crippen molar-refractivity contribution >= 4 is 38.5 Å². The monoisotopic (exact) mass is 433 g/mol. The number of aromatic nitrogens is 2. The number of hydrogen-bond donors (Lipinski definition) is 1. The summed E-state index contributed by atoms with van der Waals surface area (Å²) >= 11 is 4.49. The zero-order valence-corrected chi connectivity index (χ0v) is 16.6. The number of nitrogens with one attached hydrogen (secondary N) is 1. The van der Waals surface area contributed by atoms with E-state index in [0.717, 1.165) is 21.6 Å². The van der Waals surface area contributed by atoms with E-state index >= 15 is 0 Å². The Morgan fingerprint density at radius 2 is 2.04 bits per heavy atom. The predicted octanol–water partition coefficient (Wildman–Crippen LogP) is 4.63. The van der Waals surface area contributed by atoms with Gasteiger partial charge in [0.25, 0.3) is 5.91 Å². The summed E-state index contributed by atoms with van der Waals surface area (Å²) in [7, 11) is 1.58. The van der Waals surface area contributed by atoms with Crippen molar-refractivity contribution in [1.29, 1.82) is 0 Å². The summed E-state index contributed by atoms with van der Waals surface area (Å²) in [6.07, 6.45) is 0. The molecule has 26 heavy (non-hydrogen) atoms. The molecule has 1 amide bonds. The van der Waals surface area contributed by atoms with Crippen LogP contribution in [0.25, 0.3) is 11.4 Å². The van der Waals surface area contributed by atoms with Crippen LogP contribution in [0, 0.1) is 0 Å². The fourth-order valence-electron chi connectivity index (χ4n) is 2.28. The molecule has 0 saturated carbocycles. The zero-order chi connectivity index (χ0) is 18.5. The van der Waals surface area contributed by atoms with Gasteiger partial charge in [-0.2, -0.15) is 9.36 Å². The molecule has 2 aromatic carbocycles. The molecular weight excluding hydrogens is 418 g/mol. The summed E-state index contributed by atoms with van der Waals surface area (Å²) in [5.41, 5.74) is 1.31. The Morgan fingerprint density at radius 3 is 2.77 bits per heavy atom. The van der Waals surface area contributed by atoms with E-state index in [-0.39, 0.29) is 5.91 Å². The van der Waals surface area contributed by atoms with Crippen LogP contribution < -0.4 is 14.8 Å². The molecule has 0 saturated heterocycles. The zero-order valence-electron chi connectivity index (χ0n) is 14.2. The molecule has 0 radical (unpaired) electrons. The van der Waals surface area contributed by atoms with Crippen molar-refractivity contribution in [3.05, 3.63) is 52.5 Å². The molecule has 0 aliphatic rings. The van der Waals surface area contributed by atoms with Crippen LogP contribution in [0.5, 0.6) is 11.5 Å². The second-order valence-electron chi connectivity index (χ2n) is 5.16. The van der Waals surface area contributed by atoms with Crippen LogP contribution in [0.2, 0.25) is 0 Å². The van der Waals surface area contributed by atoms with E-state index in [4.69, 9.17) is 9.47 Å². The summed E-state index contributed by atoms with van der Waals surface area (Å²) in [4.78, 5) is 16.7. The lowest BCUT2D eigenvalue weighted by Crippen LogP contribution is -2.12. The Hall–Kier alpha value is -2.45. The Morgan fingerprint density at radius 1 is 1.23 bits per heavy atom. The molecule has 1 N–H and O–H groups in total. The molecule has 0 fully saturated rings. The third-order valence-corrected chi connectivity index (χ3v) is 4.81. The first-order chi connectivity index (χ1) is 12.6. The van der Waals surface area contributed by atoms with Gasteiger partial charge in [-0.3, -0.25) is 10.1 Å². The molecule has 8 heteroatoms. The number of rotatable bonds is 6. The quantitative estimate of drug-likeness (QED) is 0.613. The highest BCUT2D eigenvalue weighted by molar-refractivity contribution is 9.10. The van der Waals surface area contributed by atoms with Gasteiger partial charge in [-0.25, -0.2) is 0 Å². The molecule has 1 aromatic heterocycles. The SMILES string of the molecule is CCOc1ccc(-c2nsc(NC(=O)c3ccccc3Br)n2)cc1OC. The third-order valence-electron chi connectivity index (χ3n) is 3.49. The number of anilines is 1. The Bertz CT molecular complexity index is 930. The summed E-state index contributed by atoms with van der Waals surface area (Å²) in [6, 6.07) is 12.7. The molecule has 0 spiro atoms. The van der Waals surface area contributed by atoms with Crippen molar-refractivity contribution < 1.29 is 14.3 Å². The normalized spacial score (nSPS) is 10.4. The lowest BCUT2D eigenvalue weighted by Gasteiger charge is -2.09. The first-order valence-electron chi connectivity index (χ1n) is 7.83. The molecule has 0 atom stereocenters. The number of halogens is 1. The summed E-state index contributed by atoms with van der Waals surface area (Å²) < 4.78 is 15.9. The highest BCUT2D eigenvalue weighted by Gasteiger charge is 2.14.